The van der Waals surface area contributed by atoms with Gasteiger partial charge >= 0.3 is 0 Å². The molecule has 2 rings (SSSR count). The monoisotopic (exact) mass is 248 g/mol. The highest BCUT2D eigenvalue weighted by atomic mass is 15.3. The molecule has 0 aliphatic heterocycles. The third-order valence-electron chi connectivity index (χ3n) is 2.75. The summed E-state index contributed by atoms with van der Waals surface area (Å²) in [7, 11) is 0. The molecule has 0 amide bonds. The quantitative estimate of drug-likeness (QED) is 0.744. The molecule has 6 nitrogen and oxygen atoms in total. The van der Waals surface area contributed by atoms with Gasteiger partial charge in [-0.3, -0.25) is 4.68 Å². The van der Waals surface area contributed by atoms with Gasteiger partial charge in [0.25, 0.3) is 0 Å². The lowest BCUT2D eigenvalue weighted by Gasteiger charge is -2.05. The first-order valence-corrected chi connectivity index (χ1v) is 6.42. The second-order valence-electron chi connectivity index (χ2n) is 4.21. The molecule has 0 unspecified atom stereocenters. The van der Waals surface area contributed by atoms with Crippen LogP contribution in [0.15, 0.2) is 18.7 Å². The summed E-state index contributed by atoms with van der Waals surface area (Å²) in [5.74, 6) is 0.965. The molecular formula is C12H20N6. The Kier molecular flexibility index (Phi) is 4.46. The van der Waals surface area contributed by atoms with Crippen LogP contribution in [-0.2, 0) is 19.6 Å². The second-order valence-corrected chi connectivity index (χ2v) is 4.21. The van der Waals surface area contributed by atoms with E-state index in [1.165, 1.54) is 0 Å². The molecule has 0 spiro atoms. The number of nitrogens with zero attached hydrogens (tertiary/aromatic N) is 5. The zero-order valence-electron chi connectivity index (χ0n) is 11.0. The summed E-state index contributed by atoms with van der Waals surface area (Å²) in [5.41, 5.74) is 1.15. The molecule has 0 saturated heterocycles. The van der Waals surface area contributed by atoms with Crippen molar-refractivity contribution in [2.45, 2.75) is 39.9 Å². The van der Waals surface area contributed by atoms with E-state index >= 15 is 0 Å². The van der Waals surface area contributed by atoms with E-state index in [-0.39, 0.29) is 0 Å². The highest BCUT2D eigenvalue weighted by Crippen LogP contribution is 2.03. The summed E-state index contributed by atoms with van der Waals surface area (Å²) in [6, 6.07) is 0. The van der Waals surface area contributed by atoms with E-state index in [0.717, 1.165) is 44.0 Å². The molecule has 2 aromatic rings. The Balaban J connectivity index is 1.98. The molecule has 0 bridgehead atoms. The van der Waals surface area contributed by atoms with E-state index in [1.807, 2.05) is 21.8 Å². The van der Waals surface area contributed by atoms with Crippen LogP contribution in [-0.4, -0.2) is 31.1 Å². The van der Waals surface area contributed by atoms with Crippen molar-refractivity contribution in [3.8, 4) is 0 Å². The highest BCUT2D eigenvalue weighted by molar-refractivity contribution is 5.05. The van der Waals surface area contributed by atoms with Crippen molar-refractivity contribution in [1.29, 1.82) is 0 Å². The Labute approximate surface area is 107 Å². The molecule has 0 saturated carbocycles. The number of nitrogens with one attached hydrogen (secondary N) is 1. The van der Waals surface area contributed by atoms with E-state index in [1.54, 1.807) is 6.33 Å². The van der Waals surface area contributed by atoms with Crippen LogP contribution in [0.1, 0.15) is 31.7 Å². The lowest BCUT2D eigenvalue weighted by molar-refractivity contribution is 0.582. The number of aryl methyl sites for hydroxylation is 1. The van der Waals surface area contributed by atoms with Gasteiger partial charge in [0.1, 0.15) is 12.2 Å². The fraction of sp³-hybridized carbons (Fsp3) is 0.583. The maximum atomic E-state index is 4.27. The van der Waals surface area contributed by atoms with Gasteiger partial charge in [-0.15, -0.1) is 0 Å². The molecular weight excluding hydrogens is 228 g/mol. The molecule has 18 heavy (non-hydrogen) atoms. The smallest absolute Gasteiger partial charge is 0.141 e. The highest BCUT2D eigenvalue weighted by Gasteiger charge is 2.05. The Morgan fingerprint density at radius 2 is 2.17 bits per heavy atom. The van der Waals surface area contributed by atoms with Gasteiger partial charge in [0, 0.05) is 18.3 Å². The second kappa shape index (κ2) is 6.30. The van der Waals surface area contributed by atoms with Crippen LogP contribution < -0.4 is 5.32 Å². The fourth-order valence-electron chi connectivity index (χ4n) is 1.77. The van der Waals surface area contributed by atoms with E-state index in [4.69, 9.17) is 0 Å². The predicted molar refractivity (Wildman–Crippen MR) is 69.0 cm³/mol. The Hall–Kier alpha value is -1.69. The minimum atomic E-state index is 0.725. The van der Waals surface area contributed by atoms with Crippen LogP contribution in [0.4, 0.5) is 0 Å². The molecule has 98 valence electrons. The lowest BCUT2D eigenvalue weighted by atomic mass is 10.3. The number of rotatable bonds is 7. The van der Waals surface area contributed by atoms with Crippen molar-refractivity contribution in [2.75, 3.05) is 6.54 Å². The summed E-state index contributed by atoms with van der Waals surface area (Å²) in [6.07, 6.45) is 6.66. The van der Waals surface area contributed by atoms with Gasteiger partial charge in [-0.25, -0.2) is 9.67 Å². The third kappa shape index (κ3) is 3.16. The van der Waals surface area contributed by atoms with Crippen molar-refractivity contribution in [1.82, 2.24) is 29.9 Å². The van der Waals surface area contributed by atoms with Gasteiger partial charge in [0.05, 0.1) is 19.3 Å². The average molecular weight is 248 g/mol. The maximum absolute atomic E-state index is 4.27. The average Bonchev–Trinajstić information content (AvgIpc) is 3.00. The summed E-state index contributed by atoms with van der Waals surface area (Å²) >= 11 is 0. The van der Waals surface area contributed by atoms with Crippen LogP contribution in [0, 0.1) is 0 Å². The van der Waals surface area contributed by atoms with Crippen LogP contribution in [0.25, 0.3) is 0 Å². The minimum Gasteiger partial charge on any atom is -0.310 e. The maximum Gasteiger partial charge on any atom is 0.141 e. The molecule has 2 heterocycles. The third-order valence-corrected chi connectivity index (χ3v) is 2.75. The summed E-state index contributed by atoms with van der Waals surface area (Å²) in [6.45, 7) is 7.60. The van der Waals surface area contributed by atoms with Gasteiger partial charge < -0.3 is 5.32 Å². The Bertz CT molecular complexity index is 472. The van der Waals surface area contributed by atoms with Crippen LogP contribution >= 0.6 is 0 Å². The van der Waals surface area contributed by atoms with Crippen LogP contribution in [0.5, 0.6) is 0 Å². The van der Waals surface area contributed by atoms with Gasteiger partial charge in [0.15, 0.2) is 0 Å². The Morgan fingerprint density at radius 1 is 1.28 bits per heavy atom. The molecule has 2 aromatic heterocycles. The first-order chi connectivity index (χ1) is 8.83. The summed E-state index contributed by atoms with van der Waals surface area (Å²) in [4.78, 5) is 4.27. The zero-order chi connectivity index (χ0) is 12.8. The first-order valence-electron chi connectivity index (χ1n) is 6.42. The first kappa shape index (κ1) is 12.8. The van der Waals surface area contributed by atoms with Crippen molar-refractivity contribution in [2.24, 2.45) is 0 Å². The van der Waals surface area contributed by atoms with Crippen molar-refractivity contribution < 1.29 is 0 Å². The normalized spacial score (nSPS) is 11.0. The number of aromatic nitrogens is 5. The van der Waals surface area contributed by atoms with E-state index in [0.29, 0.717) is 0 Å². The topological polar surface area (TPSA) is 60.6 Å². The minimum absolute atomic E-state index is 0.725. The number of hydrogen-bond acceptors (Lipinski definition) is 4. The molecule has 0 aromatic carbocycles. The SMILES string of the molecule is CCCNCc1ncnn1Cc1cnn(CC)c1. The van der Waals surface area contributed by atoms with Gasteiger partial charge in [0.2, 0.25) is 0 Å². The largest absolute Gasteiger partial charge is 0.310 e. The number of hydrogen-bond donors (Lipinski definition) is 1. The van der Waals surface area contributed by atoms with Crippen LogP contribution in [0.2, 0.25) is 0 Å². The molecule has 0 aliphatic rings. The van der Waals surface area contributed by atoms with Gasteiger partial charge in [-0.05, 0) is 19.9 Å². The van der Waals surface area contributed by atoms with Gasteiger partial charge in [-0.1, -0.05) is 6.92 Å². The van der Waals surface area contributed by atoms with Gasteiger partial charge in [-0.2, -0.15) is 10.2 Å². The zero-order valence-corrected chi connectivity index (χ0v) is 11.0. The lowest BCUT2D eigenvalue weighted by Crippen LogP contribution is -2.18. The molecule has 0 atom stereocenters. The summed E-state index contributed by atoms with van der Waals surface area (Å²) < 4.78 is 3.83. The van der Waals surface area contributed by atoms with E-state index in [2.05, 4.69) is 34.3 Å². The Morgan fingerprint density at radius 3 is 2.89 bits per heavy atom. The van der Waals surface area contributed by atoms with Crippen LogP contribution in [0.3, 0.4) is 0 Å². The van der Waals surface area contributed by atoms with Crippen molar-refractivity contribution >= 4 is 0 Å². The molecule has 0 aliphatic carbocycles. The molecule has 0 radical (unpaired) electrons. The van der Waals surface area contributed by atoms with E-state index in [9.17, 15) is 0 Å². The standard InChI is InChI=1S/C12H20N6/c1-3-5-13-7-12-14-10-16-18(12)9-11-6-15-17(4-2)8-11/h6,8,10,13H,3-5,7,9H2,1-2H3. The summed E-state index contributed by atoms with van der Waals surface area (Å²) in [5, 5.41) is 11.8. The molecule has 1 N–H and O–H groups in total. The van der Waals surface area contributed by atoms with Crippen molar-refractivity contribution in [3.63, 3.8) is 0 Å². The molecule has 0 fully saturated rings. The predicted octanol–water partition coefficient (Wildman–Crippen LogP) is 1.04. The van der Waals surface area contributed by atoms with Crippen molar-refractivity contribution in [3.05, 3.63) is 30.1 Å². The molecule has 6 heteroatoms. The van der Waals surface area contributed by atoms with E-state index < -0.39 is 0 Å². The fourth-order valence-corrected chi connectivity index (χ4v) is 1.77.